The highest BCUT2D eigenvalue weighted by Gasteiger charge is 2.14. The molecule has 1 amide bonds. The molecule has 4 nitrogen and oxygen atoms in total. The zero-order valence-electron chi connectivity index (χ0n) is 11.9. The normalized spacial score (nSPS) is 13.7. The number of hydrogen-bond donors (Lipinski definition) is 2. The van der Waals surface area contributed by atoms with Gasteiger partial charge in [0.1, 0.15) is 6.54 Å². The number of nitrogens with one attached hydrogen (secondary N) is 2. The summed E-state index contributed by atoms with van der Waals surface area (Å²) in [5.74, 6) is 0.941. The Morgan fingerprint density at radius 1 is 1.25 bits per heavy atom. The maximum Gasteiger partial charge on any atom is 0.275 e. The lowest BCUT2D eigenvalue weighted by Crippen LogP contribution is -3.08. The average Bonchev–Trinajstić information content (AvgIpc) is 2.92. The Morgan fingerprint density at radius 3 is 2.65 bits per heavy atom. The van der Waals surface area contributed by atoms with Crippen molar-refractivity contribution in [2.45, 2.75) is 19.5 Å². The number of benzene rings is 1. The maximum absolute atomic E-state index is 12.0. The third-order valence-corrected chi connectivity index (χ3v) is 3.20. The smallest absolute Gasteiger partial charge is 0.275 e. The van der Waals surface area contributed by atoms with Gasteiger partial charge in [-0.3, -0.25) is 4.79 Å². The molecule has 1 aromatic heterocycles. The van der Waals surface area contributed by atoms with Gasteiger partial charge < -0.3 is 14.6 Å². The number of carbonyl (C=O) groups is 1. The molecule has 1 heterocycles. The van der Waals surface area contributed by atoms with E-state index in [1.54, 1.807) is 6.26 Å². The molecule has 2 aromatic rings. The first kappa shape index (κ1) is 14.3. The minimum atomic E-state index is 0.0279. The molecule has 1 aromatic carbocycles. The van der Waals surface area contributed by atoms with Crippen LogP contribution < -0.4 is 10.2 Å². The summed E-state index contributed by atoms with van der Waals surface area (Å²) in [6.07, 6.45) is 1.65. The summed E-state index contributed by atoms with van der Waals surface area (Å²) < 4.78 is 5.28. The summed E-state index contributed by atoms with van der Waals surface area (Å²) in [6, 6.07) is 13.8. The van der Waals surface area contributed by atoms with Crippen molar-refractivity contribution < 1.29 is 14.1 Å². The monoisotopic (exact) mass is 273 g/mol. The van der Waals surface area contributed by atoms with Gasteiger partial charge in [0.25, 0.3) is 5.91 Å². The van der Waals surface area contributed by atoms with Crippen molar-refractivity contribution in [1.82, 2.24) is 5.32 Å². The van der Waals surface area contributed by atoms with Gasteiger partial charge in [0.15, 0.2) is 12.3 Å². The van der Waals surface area contributed by atoms with Gasteiger partial charge in [-0.25, -0.2) is 0 Å². The van der Waals surface area contributed by atoms with E-state index in [0.29, 0.717) is 13.1 Å². The topological polar surface area (TPSA) is 46.7 Å². The Morgan fingerprint density at radius 2 is 2.00 bits per heavy atom. The summed E-state index contributed by atoms with van der Waals surface area (Å²) >= 11 is 0. The van der Waals surface area contributed by atoms with Crippen molar-refractivity contribution in [3.63, 3.8) is 0 Å². The number of amides is 1. The molecule has 0 saturated heterocycles. The number of furan rings is 1. The van der Waals surface area contributed by atoms with Crippen LogP contribution in [0.2, 0.25) is 0 Å². The van der Waals surface area contributed by atoms with Crippen LogP contribution in [0.4, 0.5) is 0 Å². The van der Waals surface area contributed by atoms with Crippen LogP contribution in [0, 0.1) is 0 Å². The quantitative estimate of drug-likeness (QED) is 0.830. The van der Waals surface area contributed by atoms with Crippen LogP contribution in [0.15, 0.2) is 53.1 Å². The van der Waals surface area contributed by atoms with Crippen LogP contribution in [0.3, 0.4) is 0 Å². The summed E-state index contributed by atoms with van der Waals surface area (Å²) in [5.41, 5.74) is 1.12. The van der Waals surface area contributed by atoms with Crippen molar-refractivity contribution in [1.29, 1.82) is 0 Å². The maximum atomic E-state index is 12.0. The van der Waals surface area contributed by atoms with Gasteiger partial charge in [0.05, 0.1) is 19.4 Å². The fourth-order valence-corrected chi connectivity index (χ4v) is 2.16. The number of quaternary nitrogens is 1. The molecule has 0 saturated carbocycles. The highest BCUT2D eigenvalue weighted by molar-refractivity contribution is 5.77. The van der Waals surface area contributed by atoms with Gasteiger partial charge in [0, 0.05) is 0 Å². The minimum Gasteiger partial charge on any atom is -0.463 e. The van der Waals surface area contributed by atoms with Crippen LogP contribution in [0.1, 0.15) is 24.3 Å². The van der Waals surface area contributed by atoms with E-state index in [1.807, 2.05) is 56.4 Å². The molecular formula is C16H21N2O2+. The van der Waals surface area contributed by atoms with E-state index in [9.17, 15) is 4.79 Å². The first-order chi connectivity index (χ1) is 9.65. The van der Waals surface area contributed by atoms with Crippen molar-refractivity contribution in [2.24, 2.45) is 0 Å². The molecule has 0 aliphatic rings. The van der Waals surface area contributed by atoms with E-state index in [1.165, 1.54) is 0 Å². The van der Waals surface area contributed by atoms with Gasteiger partial charge >= 0.3 is 0 Å². The summed E-state index contributed by atoms with van der Waals surface area (Å²) in [4.78, 5) is 13.1. The zero-order chi connectivity index (χ0) is 14.4. The predicted molar refractivity (Wildman–Crippen MR) is 77.2 cm³/mol. The van der Waals surface area contributed by atoms with E-state index in [2.05, 4.69) is 5.32 Å². The molecule has 0 aliphatic heterocycles. The van der Waals surface area contributed by atoms with E-state index in [4.69, 9.17) is 4.42 Å². The number of likely N-dealkylation sites (N-methyl/N-ethyl adjacent to an activating group) is 1. The molecule has 2 N–H and O–H groups in total. The Balaban J connectivity index is 1.80. The van der Waals surface area contributed by atoms with Crippen LogP contribution in [-0.2, 0) is 11.3 Å². The molecule has 2 rings (SSSR count). The van der Waals surface area contributed by atoms with Crippen molar-refractivity contribution in [2.75, 3.05) is 13.6 Å². The first-order valence-corrected chi connectivity index (χ1v) is 6.83. The van der Waals surface area contributed by atoms with Crippen LogP contribution >= 0.6 is 0 Å². The van der Waals surface area contributed by atoms with Gasteiger partial charge in [-0.05, 0) is 24.6 Å². The van der Waals surface area contributed by atoms with Crippen LogP contribution in [0.25, 0.3) is 0 Å². The largest absolute Gasteiger partial charge is 0.463 e. The van der Waals surface area contributed by atoms with Gasteiger partial charge in [-0.15, -0.1) is 0 Å². The Labute approximate surface area is 119 Å². The minimum absolute atomic E-state index is 0.0279. The molecular weight excluding hydrogens is 252 g/mol. The molecule has 0 radical (unpaired) electrons. The van der Waals surface area contributed by atoms with Crippen molar-refractivity contribution in [3.8, 4) is 0 Å². The third-order valence-electron chi connectivity index (χ3n) is 3.20. The summed E-state index contributed by atoms with van der Waals surface area (Å²) in [7, 11) is 1.98. The molecule has 0 fully saturated rings. The lowest BCUT2D eigenvalue weighted by Gasteiger charge is -2.16. The van der Waals surface area contributed by atoms with Gasteiger partial charge in [-0.1, -0.05) is 30.3 Å². The Bertz CT molecular complexity index is 523. The summed E-state index contributed by atoms with van der Waals surface area (Å²) in [6.45, 7) is 3.13. The summed E-state index contributed by atoms with van der Waals surface area (Å²) in [5, 5.41) is 3.02. The number of hydrogen-bond acceptors (Lipinski definition) is 2. The molecule has 0 bridgehead atoms. The Hall–Kier alpha value is -2.07. The van der Waals surface area contributed by atoms with Crippen molar-refractivity contribution in [3.05, 3.63) is 60.1 Å². The second kappa shape index (κ2) is 6.91. The standard InChI is InChI=1S/C16H20N2O2/c1-13(14-7-4-3-5-8-14)17-16(19)12-18(2)11-15-9-6-10-20-15/h3-10,13H,11-12H2,1-2H3,(H,17,19)/p+1/t13-/m1/s1. The third kappa shape index (κ3) is 4.24. The van der Waals surface area contributed by atoms with Gasteiger partial charge in [0.2, 0.25) is 0 Å². The molecule has 2 atom stereocenters. The molecule has 106 valence electrons. The fourth-order valence-electron chi connectivity index (χ4n) is 2.16. The average molecular weight is 273 g/mol. The highest BCUT2D eigenvalue weighted by atomic mass is 16.3. The van der Waals surface area contributed by atoms with E-state index in [0.717, 1.165) is 16.2 Å². The van der Waals surface area contributed by atoms with Gasteiger partial charge in [-0.2, -0.15) is 0 Å². The highest BCUT2D eigenvalue weighted by Crippen LogP contribution is 2.10. The first-order valence-electron chi connectivity index (χ1n) is 6.83. The van der Waals surface area contributed by atoms with Crippen LogP contribution in [0.5, 0.6) is 0 Å². The molecule has 20 heavy (non-hydrogen) atoms. The number of rotatable bonds is 6. The molecule has 4 heteroatoms. The molecule has 0 spiro atoms. The van der Waals surface area contributed by atoms with E-state index in [-0.39, 0.29) is 11.9 Å². The molecule has 0 aliphatic carbocycles. The SMILES string of the molecule is C[C@@H](NC(=O)C[NH+](C)Cc1ccco1)c1ccccc1. The second-order valence-corrected chi connectivity index (χ2v) is 5.09. The lowest BCUT2D eigenvalue weighted by molar-refractivity contribution is -0.886. The Kier molecular flexibility index (Phi) is 4.96. The van der Waals surface area contributed by atoms with Crippen LogP contribution in [-0.4, -0.2) is 19.5 Å². The fraction of sp³-hybridized carbons (Fsp3) is 0.312. The molecule has 1 unspecified atom stereocenters. The predicted octanol–water partition coefficient (Wildman–Crippen LogP) is 1.17. The van der Waals surface area contributed by atoms with E-state index < -0.39 is 0 Å². The number of carbonyl (C=O) groups excluding carboxylic acids is 1. The van der Waals surface area contributed by atoms with E-state index >= 15 is 0 Å². The zero-order valence-corrected chi connectivity index (χ0v) is 11.9. The second-order valence-electron chi connectivity index (χ2n) is 5.09. The van der Waals surface area contributed by atoms with Crippen molar-refractivity contribution >= 4 is 5.91 Å². The lowest BCUT2D eigenvalue weighted by atomic mass is 10.1.